The molecule has 3 heteroatoms. The molecular weight excluding hydrogens is 230 g/mol. The molecule has 1 aromatic rings. The van der Waals surface area contributed by atoms with E-state index in [9.17, 15) is 0 Å². The Bertz CT molecular complexity index is 348. The van der Waals surface area contributed by atoms with E-state index in [4.69, 9.17) is 4.74 Å². The predicted octanol–water partition coefficient (Wildman–Crippen LogP) is 3.32. The molecule has 1 N–H and O–H groups in total. The second-order valence-corrected chi connectivity index (χ2v) is 6.02. The van der Waals surface area contributed by atoms with Gasteiger partial charge in [0.1, 0.15) is 5.75 Å². The Kier molecular flexibility index (Phi) is 4.75. The molecule has 0 aromatic heterocycles. The van der Waals surface area contributed by atoms with Crippen molar-refractivity contribution in [2.45, 2.75) is 42.9 Å². The van der Waals surface area contributed by atoms with Crippen LogP contribution < -0.4 is 10.1 Å². The highest BCUT2D eigenvalue weighted by Gasteiger charge is 2.16. The zero-order chi connectivity index (χ0) is 12.1. The summed E-state index contributed by atoms with van der Waals surface area (Å²) < 4.78 is 5.85. The van der Waals surface area contributed by atoms with Crippen LogP contribution in [0.2, 0.25) is 0 Å². The third kappa shape index (κ3) is 3.93. The fraction of sp³-hybridized carbons (Fsp3) is 0.571. The average Bonchev–Trinajstić information content (AvgIpc) is 2.32. The van der Waals surface area contributed by atoms with Gasteiger partial charge in [-0.2, -0.15) is 0 Å². The Balaban J connectivity index is 2.03. The first-order valence-corrected chi connectivity index (χ1v) is 7.26. The van der Waals surface area contributed by atoms with Crippen molar-refractivity contribution in [3.8, 4) is 5.75 Å². The summed E-state index contributed by atoms with van der Waals surface area (Å²) in [6.07, 6.45) is 2.74. The zero-order valence-corrected chi connectivity index (χ0v) is 11.4. The Hall–Kier alpha value is -0.670. The van der Waals surface area contributed by atoms with E-state index >= 15 is 0 Å². The summed E-state index contributed by atoms with van der Waals surface area (Å²) in [5, 5.41) is 4.13. The maximum absolute atomic E-state index is 5.85. The molecule has 0 unspecified atom stereocenters. The quantitative estimate of drug-likeness (QED) is 0.887. The van der Waals surface area contributed by atoms with Gasteiger partial charge in [0.05, 0.1) is 6.10 Å². The van der Waals surface area contributed by atoms with Crippen LogP contribution in [0.3, 0.4) is 0 Å². The van der Waals surface area contributed by atoms with Gasteiger partial charge in [0.2, 0.25) is 0 Å². The van der Waals surface area contributed by atoms with Crippen molar-refractivity contribution in [1.82, 2.24) is 5.32 Å². The summed E-state index contributed by atoms with van der Waals surface area (Å²) in [6, 6.07) is 8.38. The number of piperidine rings is 1. The van der Waals surface area contributed by atoms with Gasteiger partial charge in [0.15, 0.2) is 0 Å². The highest BCUT2D eigenvalue weighted by molar-refractivity contribution is 8.00. The van der Waals surface area contributed by atoms with Crippen molar-refractivity contribution in [2.24, 2.45) is 0 Å². The fourth-order valence-corrected chi connectivity index (χ4v) is 3.21. The van der Waals surface area contributed by atoms with Crippen molar-refractivity contribution < 1.29 is 4.74 Å². The minimum atomic E-state index is 0.241. The first kappa shape index (κ1) is 12.8. The minimum absolute atomic E-state index is 0.241. The van der Waals surface area contributed by atoms with Crippen LogP contribution in [0.5, 0.6) is 5.75 Å². The fourth-order valence-electron chi connectivity index (χ4n) is 1.99. The Labute approximate surface area is 108 Å². The van der Waals surface area contributed by atoms with Gasteiger partial charge >= 0.3 is 0 Å². The van der Waals surface area contributed by atoms with E-state index in [1.165, 1.54) is 17.7 Å². The normalized spacial score (nSPS) is 17.4. The first-order chi connectivity index (χ1) is 8.25. The molecule has 0 spiro atoms. The first-order valence-electron chi connectivity index (χ1n) is 6.39. The zero-order valence-electron chi connectivity index (χ0n) is 10.6. The summed E-state index contributed by atoms with van der Waals surface area (Å²) in [4.78, 5) is 1.29. The molecule has 0 atom stereocenters. The van der Waals surface area contributed by atoms with E-state index in [1.54, 1.807) is 0 Å². The lowest BCUT2D eigenvalue weighted by atomic mass is 10.2. The molecular formula is C14H21NOS. The number of hydrogen-bond donors (Lipinski definition) is 1. The topological polar surface area (TPSA) is 21.3 Å². The lowest BCUT2D eigenvalue weighted by Gasteiger charge is -2.23. The molecule has 2 nitrogen and oxygen atoms in total. The van der Waals surface area contributed by atoms with Crippen LogP contribution in [0, 0.1) is 0 Å². The van der Waals surface area contributed by atoms with E-state index in [0.717, 1.165) is 24.1 Å². The third-order valence-corrected chi connectivity index (χ3v) is 4.19. The lowest BCUT2D eigenvalue weighted by Crippen LogP contribution is -2.29. The van der Waals surface area contributed by atoms with Gasteiger partial charge in [0, 0.05) is 10.1 Å². The van der Waals surface area contributed by atoms with Gasteiger partial charge < -0.3 is 10.1 Å². The van der Waals surface area contributed by atoms with Crippen LogP contribution in [0.4, 0.5) is 0 Å². The second kappa shape index (κ2) is 6.31. The number of benzene rings is 1. The number of para-hydroxylation sites is 1. The number of ether oxygens (including phenoxy) is 1. The van der Waals surface area contributed by atoms with Crippen LogP contribution in [0.1, 0.15) is 26.7 Å². The van der Waals surface area contributed by atoms with Crippen molar-refractivity contribution in [2.75, 3.05) is 13.1 Å². The van der Waals surface area contributed by atoms with Crippen molar-refractivity contribution in [3.05, 3.63) is 24.3 Å². The summed E-state index contributed by atoms with van der Waals surface area (Å²) >= 11 is 1.97. The van der Waals surface area contributed by atoms with Crippen LogP contribution in [0.15, 0.2) is 29.2 Å². The molecule has 1 fully saturated rings. The van der Waals surface area contributed by atoms with Crippen LogP contribution in [0.25, 0.3) is 0 Å². The van der Waals surface area contributed by atoms with Crippen LogP contribution in [-0.4, -0.2) is 24.4 Å². The molecule has 2 rings (SSSR count). The van der Waals surface area contributed by atoms with Gasteiger partial charge in [-0.1, -0.05) is 12.1 Å². The van der Waals surface area contributed by atoms with Gasteiger partial charge in [-0.05, 0) is 51.9 Å². The molecule has 1 aliphatic heterocycles. The molecule has 1 aliphatic rings. The highest BCUT2D eigenvalue weighted by Crippen LogP contribution is 2.35. The molecule has 1 saturated heterocycles. The largest absolute Gasteiger partial charge is 0.490 e. The Morgan fingerprint density at radius 1 is 1.24 bits per heavy atom. The van der Waals surface area contributed by atoms with E-state index in [0.29, 0.717) is 0 Å². The third-order valence-electron chi connectivity index (χ3n) is 2.79. The molecule has 0 amide bonds. The van der Waals surface area contributed by atoms with Gasteiger partial charge in [-0.3, -0.25) is 0 Å². The molecule has 0 bridgehead atoms. The molecule has 1 heterocycles. The Morgan fingerprint density at radius 3 is 2.65 bits per heavy atom. The summed E-state index contributed by atoms with van der Waals surface area (Å²) in [5.74, 6) is 1.03. The minimum Gasteiger partial charge on any atom is -0.490 e. The van der Waals surface area contributed by atoms with Crippen molar-refractivity contribution in [1.29, 1.82) is 0 Å². The predicted molar refractivity (Wildman–Crippen MR) is 74.0 cm³/mol. The summed E-state index contributed by atoms with van der Waals surface area (Å²) in [5.41, 5.74) is 0. The Morgan fingerprint density at radius 2 is 1.94 bits per heavy atom. The molecule has 17 heavy (non-hydrogen) atoms. The van der Waals surface area contributed by atoms with Crippen molar-refractivity contribution >= 4 is 11.8 Å². The van der Waals surface area contributed by atoms with Gasteiger partial charge in [0.25, 0.3) is 0 Å². The SMILES string of the molecule is CC(C)Oc1ccccc1SC1CCNCC1. The maximum atomic E-state index is 5.85. The average molecular weight is 251 g/mol. The number of hydrogen-bond acceptors (Lipinski definition) is 3. The molecule has 1 aromatic carbocycles. The second-order valence-electron chi connectivity index (χ2n) is 4.68. The number of nitrogens with one attached hydrogen (secondary N) is 1. The van der Waals surface area contributed by atoms with Crippen molar-refractivity contribution in [3.63, 3.8) is 0 Å². The van der Waals surface area contributed by atoms with Gasteiger partial charge in [-0.25, -0.2) is 0 Å². The number of thioether (sulfide) groups is 1. The summed E-state index contributed by atoms with van der Waals surface area (Å²) in [7, 11) is 0. The highest BCUT2D eigenvalue weighted by atomic mass is 32.2. The molecule has 94 valence electrons. The smallest absolute Gasteiger partial charge is 0.133 e. The monoisotopic (exact) mass is 251 g/mol. The molecule has 0 saturated carbocycles. The van der Waals surface area contributed by atoms with E-state index in [2.05, 4.69) is 37.4 Å². The van der Waals surface area contributed by atoms with E-state index < -0.39 is 0 Å². The van der Waals surface area contributed by atoms with Crippen LogP contribution >= 0.6 is 11.8 Å². The number of rotatable bonds is 4. The summed E-state index contributed by atoms with van der Waals surface area (Å²) in [6.45, 7) is 6.44. The van der Waals surface area contributed by atoms with Crippen LogP contribution in [-0.2, 0) is 0 Å². The lowest BCUT2D eigenvalue weighted by molar-refractivity contribution is 0.236. The molecule has 0 radical (unpaired) electrons. The standard InChI is InChI=1S/C14H21NOS/c1-11(2)16-13-5-3-4-6-14(13)17-12-7-9-15-10-8-12/h3-6,11-12,15H,7-10H2,1-2H3. The molecule has 0 aliphatic carbocycles. The van der Waals surface area contributed by atoms with E-state index in [-0.39, 0.29) is 6.10 Å². The van der Waals surface area contributed by atoms with E-state index in [1.807, 2.05) is 17.8 Å². The van der Waals surface area contributed by atoms with Gasteiger partial charge in [-0.15, -0.1) is 11.8 Å². The maximum Gasteiger partial charge on any atom is 0.133 e.